The van der Waals surface area contributed by atoms with Gasteiger partial charge in [0.05, 0.1) is 5.52 Å². The third kappa shape index (κ3) is 1.59. The van der Waals surface area contributed by atoms with E-state index in [1.54, 1.807) is 6.92 Å². The Morgan fingerprint density at radius 3 is 2.89 bits per heavy atom. The Morgan fingerprint density at radius 1 is 1.28 bits per heavy atom. The van der Waals surface area contributed by atoms with Crippen LogP contribution in [0.3, 0.4) is 0 Å². The maximum atomic E-state index is 13.5. The smallest absolute Gasteiger partial charge is 0.343 e. The van der Waals surface area contributed by atoms with E-state index in [1.165, 1.54) is 18.3 Å². The van der Waals surface area contributed by atoms with Crippen LogP contribution >= 0.6 is 0 Å². The van der Waals surface area contributed by atoms with Gasteiger partial charge in [-0.15, -0.1) is 0 Å². The van der Waals surface area contributed by atoms with Gasteiger partial charge in [0.25, 0.3) is 0 Å². The first-order valence-electron chi connectivity index (χ1n) is 5.55. The van der Waals surface area contributed by atoms with E-state index in [2.05, 4.69) is 4.98 Å². The van der Waals surface area contributed by atoms with Crippen LogP contribution in [0, 0.1) is 12.7 Å². The molecule has 5 heteroatoms. The first-order chi connectivity index (χ1) is 8.66. The van der Waals surface area contributed by atoms with Gasteiger partial charge < -0.3 is 9.47 Å². The number of aryl methyl sites for hydroxylation is 1. The van der Waals surface area contributed by atoms with E-state index in [0.717, 1.165) is 0 Å². The van der Waals surface area contributed by atoms with Gasteiger partial charge in [0.15, 0.2) is 0 Å². The van der Waals surface area contributed by atoms with Gasteiger partial charge >= 0.3 is 5.97 Å². The molecule has 0 fully saturated rings. The van der Waals surface area contributed by atoms with Crippen molar-refractivity contribution in [3.63, 3.8) is 0 Å². The number of esters is 1. The minimum Gasteiger partial charge on any atom is -0.488 e. The maximum Gasteiger partial charge on any atom is 0.343 e. The molecule has 1 aromatic carbocycles. The monoisotopic (exact) mass is 247 g/mol. The molecule has 92 valence electrons. The highest BCUT2D eigenvalue weighted by Crippen LogP contribution is 2.32. The molecule has 0 bridgehead atoms. The fourth-order valence-electron chi connectivity index (χ4n) is 2.07. The van der Waals surface area contributed by atoms with E-state index in [9.17, 15) is 9.18 Å². The van der Waals surface area contributed by atoms with E-state index in [-0.39, 0.29) is 24.6 Å². The van der Waals surface area contributed by atoms with Crippen LogP contribution in [0.15, 0.2) is 18.3 Å². The molecule has 2 heterocycles. The van der Waals surface area contributed by atoms with Gasteiger partial charge in [0.1, 0.15) is 30.3 Å². The second kappa shape index (κ2) is 3.94. The Morgan fingerprint density at radius 2 is 2.06 bits per heavy atom. The number of aromatic nitrogens is 1. The molecule has 0 N–H and O–H groups in total. The number of nitrogens with zero attached hydrogens (tertiary/aromatic N) is 1. The molecule has 2 aromatic rings. The summed E-state index contributed by atoms with van der Waals surface area (Å²) in [6.45, 7) is 2.20. The van der Waals surface area contributed by atoms with E-state index >= 15 is 0 Å². The number of rotatable bonds is 0. The number of carbonyl (C=O) groups is 1. The lowest BCUT2D eigenvalue weighted by Crippen LogP contribution is -2.05. The second-order valence-corrected chi connectivity index (χ2v) is 4.10. The Labute approximate surface area is 102 Å². The minimum atomic E-state index is -0.487. The van der Waals surface area contributed by atoms with Crippen LogP contribution in [-0.4, -0.2) is 24.2 Å². The van der Waals surface area contributed by atoms with E-state index < -0.39 is 5.97 Å². The molecule has 0 unspecified atom stereocenters. The summed E-state index contributed by atoms with van der Waals surface area (Å²) >= 11 is 0. The lowest BCUT2D eigenvalue weighted by molar-refractivity contribution is 0.0492. The van der Waals surface area contributed by atoms with Gasteiger partial charge in [-0.2, -0.15) is 0 Å². The van der Waals surface area contributed by atoms with E-state index in [0.29, 0.717) is 22.2 Å². The van der Waals surface area contributed by atoms with Gasteiger partial charge in [-0.3, -0.25) is 4.98 Å². The number of ether oxygens (including phenoxy) is 2. The van der Waals surface area contributed by atoms with Crippen LogP contribution in [0.4, 0.5) is 4.39 Å². The van der Waals surface area contributed by atoms with Crippen molar-refractivity contribution in [1.29, 1.82) is 0 Å². The summed E-state index contributed by atoms with van der Waals surface area (Å²) in [7, 11) is 0. The summed E-state index contributed by atoms with van der Waals surface area (Å²) in [6, 6.07) is 2.73. The summed E-state index contributed by atoms with van der Waals surface area (Å²) in [4.78, 5) is 15.9. The van der Waals surface area contributed by atoms with Crippen molar-refractivity contribution >= 4 is 16.9 Å². The molecule has 1 aliphatic rings. The maximum absolute atomic E-state index is 13.5. The topological polar surface area (TPSA) is 48.4 Å². The van der Waals surface area contributed by atoms with Gasteiger partial charge in [0.2, 0.25) is 0 Å². The predicted molar refractivity (Wildman–Crippen MR) is 62.2 cm³/mol. The van der Waals surface area contributed by atoms with Crippen molar-refractivity contribution < 1.29 is 18.7 Å². The fourth-order valence-corrected chi connectivity index (χ4v) is 2.07. The van der Waals surface area contributed by atoms with Crippen molar-refractivity contribution in [2.24, 2.45) is 0 Å². The Hall–Kier alpha value is -2.17. The molecule has 1 aromatic heterocycles. The number of cyclic esters (lactones) is 1. The highest BCUT2D eigenvalue weighted by Gasteiger charge is 2.22. The molecule has 0 atom stereocenters. The summed E-state index contributed by atoms with van der Waals surface area (Å²) in [5.74, 6) is -0.514. The summed E-state index contributed by atoms with van der Waals surface area (Å²) in [5, 5.41) is 0.504. The quantitative estimate of drug-likeness (QED) is 0.670. The summed E-state index contributed by atoms with van der Waals surface area (Å²) in [5.41, 5.74) is 1.57. The van der Waals surface area contributed by atoms with Crippen molar-refractivity contribution in [1.82, 2.24) is 4.98 Å². The number of benzene rings is 1. The number of carbonyl (C=O) groups excluding carboxylic acids is 1. The summed E-state index contributed by atoms with van der Waals surface area (Å²) in [6.07, 6.45) is 1.41. The molecule has 0 spiro atoms. The van der Waals surface area contributed by atoms with Crippen molar-refractivity contribution in [3.8, 4) is 5.75 Å². The van der Waals surface area contributed by atoms with Crippen LogP contribution in [0.1, 0.15) is 15.9 Å². The minimum absolute atomic E-state index is 0.184. The first-order valence-corrected chi connectivity index (χ1v) is 5.55. The van der Waals surface area contributed by atoms with Crippen molar-refractivity contribution in [2.45, 2.75) is 6.92 Å². The Kier molecular flexibility index (Phi) is 2.40. The number of halogens is 1. The predicted octanol–water partition coefficient (Wildman–Crippen LogP) is 2.23. The summed E-state index contributed by atoms with van der Waals surface area (Å²) < 4.78 is 23.9. The standard InChI is InChI=1S/C13H10FNO3/c1-7-4-8(14)5-9-11(7)15-6-10-12(9)17-2-3-18-13(10)16/h4-6H,2-3H2,1H3. The number of fused-ring (bicyclic) bond motifs is 3. The molecule has 0 saturated heterocycles. The molecule has 4 nitrogen and oxygen atoms in total. The zero-order valence-electron chi connectivity index (χ0n) is 9.70. The Bertz CT molecular complexity index is 654. The van der Waals surface area contributed by atoms with Crippen LogP contribution in [0.25, 0.3) is 10.9 Å². The van der Waals surface area contributed by atoms with Crippen LogP contribution in [0.2, 0.25) is 0 Å². The van der Waals surface area contributed by atoms with E-state index in [4.69, 9.17) is 9.47 Å². The van der Waals surface area contributed by atoms with Crippen LogP contribution in [0.5, 0.6) is 5.75 Å². The zero-order valence-corrected chi connectivity index (χ0v) is 9.70. The molecule has 1 aliphatic heterocycles. The van der Waals surface area contributed by atoms with Crippen molar-refractivity contribution in [3.05, 3.63) is 35.3 Å². The molecule has 0 radical (unpaired) electrons. The molecule has 0 saturated carbocycles. The van der Waals surface area contributed by atoms with Gasteiger partial charge in [0, 0.05) is 11.6 Å². The fraction of sp³-hybridized carbons (Fsp3) is 0.231. The molecule has 0 aliphatic carbocycles. The van der Waals surface area contributed by atoms with Crippen molar-refractivity contribution in [2.75, 3.05) is 13.2 Å². The lowest BCUT2D eigenvalue weighted by atomic mass is 10.1. The molecule has 0 amide bonds. The average molecular weight is 247 g/mol. The number of pyridine rings is 1. The highest BCUT2D eigenvalue weighted by molar-refractivity contribution is 6.00. The number of hydrogen-bond acceptors (Lipinski definition) is 4. The third-order valence-electron chi connectivity index (χ3n) is 2.86. The second-order valence-electron chi connectivity index (χ2n) is 4.10. The van der Waals surface area contributed by atoms with E-state index in [1.807, 2.05) is 0 Å². The third-order valence-corrected chi connectivity index (χ3v) is 2.86. The zero-order chi connectivity index (χ0) is 12.7. The highest BCUT2D eigenvalue weighted by atomic mass is 19.1. The SMILES string of the molecule is Cc1cc(F)cc2c3c(cnc12)C(=O)OCCO3. The first kappa shape index (κ1) is 11.0. The molecule has 3 rings (SSSR count). The number of hydrogen-bond donors (Lipinski definition) is 0. The Balaban J connectivity index is 2.37. The van der Waals surface area contributed by atoms with Gasteiger partial charge in [-0.25, -0.2) is 9.18 Å². The normalized spacial score (nSPS) is 14.7. The molecular formula is C13H10FNO3. The average Bonchev–Trinajstić information content (AvgIpc) is 2.51. The largest absolute Gasteiger partial charge is 0.488 e. The van der Waals surface area contributed by atoms with Gasteiger partial charge in [-0.05, 0) is 24.6 Å². The van der Waals surface area contributed by atoms with Crippen LogP contribution < -0.4 is 4.74 Å². The van der Waals surface area contributed by atoms with Gasteiger partial charge in [-0.1, -0.05) is 0 Å². The molecule has 18 heavy (non-hydrogen) atoms. The van der Waals surface area contributed by atoms with Crippen LogP contribution in [-0.2, 0) is 4.74 Å². The lowest BCUT2D eigenvalue weighted by Gasteiger charge is -2.09. The molecular weight excluding hydrogens is 237 g/mol.